The molecule has 1 unspecified atom stereocenters. The van der Waals surface area contributed by atoms with Crippen LogP contribution < -0.4 is 5.32 Å². The molecule has 1 aliphatic rings. The third kappa shape index (κ3) is 7.12. The number of aliphatic hydroxyl groups is 1. The predicted molar refractivity (Wildman–Crippen MR) is 149 cm³/mol. The van der Waals surface area contributed by atoms with Gasteiger partial charge in [0.15, 0.2) is 0 Å². The molecule has 196 valence electrons. The van der Waals surface area contributed by atoms with Gasteiger partial charge in [-0.25, -0.2) is 0 Å². The Morgan fingerprint density at radius 3 is 2.45 bits per heavy atom. The van der Waals surface area contributed by atoms with Gasteiger partial charge in [0.05, 0.1) is 30.3 Å². The molecule has 0 aromatic heterocycles. The number of likely N-dealkylation sites (tertiary alicyclic amines) is 1. The molecule has 0 bridgehead atoms. The molecule has 1 saturated heterocycles. The lowest BCUT2D eigenvalue weighted by Gasteiger charge is -2.31. The van der Waals surface area contributed by atoms with Crippen molar-refractivity contribution in [2.45, 2.75) is 25.5 Å². The van der Waals surface area contributed by atoms with Crippen LogP contribution >= 0.6 is 23.2 Å². The maximum absolute atomic E-state index is 13.4. The summed E-state index contributed by atoms with van der Waals surface area (Å²) >= 11 is 12.1. The van der Waals surface area contributed by atoms with Crippen molar-refractivity contribution < 1.29 is 14.7 Å². The molecule has 0 saturated carbocycles. The first-order valence-corrected chi connectivity index (χ1v) is 13.0. The number of carbonyl (C=O) groups is 2. The molecule has 3 aromatic carbocycles. The van der Waals surface area contributed by atoms with Gasteiger partial charge in [-0.05, 0) is 60.4 Å². The highest BCUT2D eigenvalue weighted by molar-refractivity contribution is 6.35. The van der Waals surface area contributed by atoms with Crippen molar-refractivity contribution in [3.05, 3.63) is 87.9 Å². The number of nitrogens with one attached hydrogen (secondary N) is 1. The van der Waals surface area contributed by atoms with Gasteiger partial charge < -0.3 is 15.3 Å². The van der Waals surface area contributed by atoms with Gasteiger partial charge >= 0.3 is 0 Å². The van der Waals surface area contributed by atoms with Gasteiger partial charge in [0, 0.05) is 28.8 Å². The molecule has 1 aliphatic heterocycles. The van der Waals surface area contributed by atoms with E-state index in [1.54, 1.807) is 24.3 Å². The molecule has 9 heteroatoms. The summed E-state index contributed by atoms with van der Waals surface area (Å²) in [5, 5.41) is 22.6. The Morgan fingerprint density at radius 1 is 1.11 bits per heavy atom. The number of hydrogen-bond acceptors (Lipinski definition) is 5. The number of β-amino-alcohol motifs (C(OH)–C–C–N with tert-alkyl or cyclic N) is 1. The van der Waals surface area contributed by atoms with Gasteiger partial charge in [0.2, 0.25) is 11.8 Å². The Kier molecular flexibility index (Phi) is 9.03. The highest BCUT2D eigenvalue weighted by Crippen LogP contribution is 2.27. The summed E-state index contributed by atoms with van der Waals surface area (Å²) in [6.45, 7) is 2.87. The van der Waals surface area contributed by atoms with E-state index in [1.165, 1.54) is 4.90 Å². The van der Waals surface area contributed by atoms with Gasteiger partial charge in [-0.15, -0.1) is 0 Å². The number of benzene rings is 3. The fraction of sp³-hybridized carbons (Fsp3) is 0.276. The van der Waals surface area contributed by atoms with Gasteiger partial charge in [0.25, 0.3) is 0 Å². The van der Waals surface area contributed by atoms with Crippen molar-refractivity contribution in [3.63, 3.8) is 0 Å². The van der Waals surface area contributed by atoms with Crippen LogP contribution in [0.3, 0.4) is 0 Å². The van der Waals surface area contributed by atoms with Crippen molar-refractivity contribution in [3.8, 4) is 17.2 Å². The van der Waals surface area contributed by atoms with E-state index in [0.717, 1.165) is 16.7 Å². The number of nitrogens with zero attached hydrogens (tertiary/aromatic N) is 3. The number of nitriles is 1. The molecule has 38 heavy (non-hydrogen) atoms. The summed E-state index contributed by atoms with van der Waals surface area (Å²) in [5.74, 6) is -0.591. The molecule has 2 N–H and O–H groups in total. The lowest BCUT2D eigenvalue weighted by molar-refractivity contribution is -0.137. The fourth-order valence-electron chi connectivity index (χ4n) is 4.56. The standard InChI is InChI=1S/C29H28Cl2N4O3/c1-19(21-5-7-22(8-6-21)23-4-2-3-20(11-23)15-32)35(29(38)18-34-10-9-27(36)16-34)17-28(37)33-26-13-24(30)12-25(31)14-26/h2-8,11-14,19,27,36H,9-10,16-18H2,1H3,(H,33,37)/t19?,27-/m0/s1. The summed E-state index contributed by atoms with van der Waals surface area (Å²) in [6, 6.07) is 21.6. The summed E-state index contributed by atoms with van der Waals surface area (Å²) < 4.78 is 0. The molecule has 3 aromatic rings. The molecule has 7 nitrogen and oxygen atoms in total. The van der Waals surface area contributed by atoms with Gasteiger partial charge in [-0.3, -0.25) is 14.5 Å². The van der Waals surface area contributed by atoms with Crippen molar-refractivity contribution in [2.24, 2.45) is 0 Å². The molecule has 1 heterocycles. The molecule has 2 atom stereocenters. The Labute approximate surface area is 232 Å². The van der Waals surface area contributed by atoms with E-state index in [1.807, 2.05) is 54.3 Å². The zero-order valence-corrected chi connectivity index (χ0v) is 22.4. The lowest BCUT2D eigenvalue weighted by atomic mass is 9.99. The SMILES string of the molecule is CC(c1ccc(-c2cccc(C#N)c2)cc1)N(CC(=O)Nc1cc(Cl)cc(Cl)c1)C(=O)CN1CC[C@H](O)C1. The van der Waals surface area contributed by atoms with Crippen molar-refractivity contribution in [1.82, 2.24) is 9.80 Å². The second-order valence-electron chi connectivity index (χ2n) is 9.40. The Bertz CT molecular complexity index is 1340. The number of halogens is 2. The molecule has 0 radical (unpaired) electrons. The monoisotopic (exact) mass is 550 g/mol. The van der Waals surface area contributed by atoms with E-state index in [-0.39, 0.29) is 24.9 Å². The molecule has 4 rings (SSSR count). The maximum atomic E-state index is 13.4. The van der Waals surface area contributed by atoms with Gasteiger partial charge in [-0.1, -0.05) is 59.6 Å². The van der Waals surface area contributed by atoms with E-state index < -0.39 is 12.1 Å². The van der Waals surface area contributed by atoms with Gasteiger partial charge in [0.1, 0.15) is 6.54 Å². The number of anilines is 1. The number of rotatable bonds is 8. The van der Waals surface area contributed by atoms with Gasteiger partial charge in [-0.2, -0.15) is 5.26 Å². The molecule has 0 aliphatic carbocycles. The Balaban J connectivity index is 1.53. The average molecular weight is 551 g/mol. The summed E-state index contributed by atoms with van der Waals surface area (Å²) in [5.41, 5.74) is 3.74. The molecular weight excluding hydrogens is 523 g/mol. The zero-order valence-electron chi connectivity index (χ0n) is 20.9. The normalized spacial score (nSPS) is 16.0. The maximum Gasteiger partial charge on any atom is 0.244 e. The second kappa shape index (κ2) is 12.4. The smallest absolute Gasteiger partial charge is 0.244 e. The van der Waals surface area contributed by atoms with Crippen LogP contribution in [-0.2, 0) is 9.59 Å². The van der Waals surface area contributed by atoms with E-state index in [9.17, 15) is 20.0 Å². The lowest BCUT2D eigenvalue weighted by Crippen LogP contribution is -2.44. The minimum atomic E-state index is -0.448. The first-order chi connectivity index (χ1) is 18.2. The van der Waals surface area contributed by atoms with Crippen LogP contribution in [-0.4, -0.2) is 59.0 Å². The molecular formula is C29H28Cl2N4O3. The van der Waals surface area contributed by atoms with E-state index in [4.69, 9.17) is 23.2 Å². The Hall–Kier alpha value is -3.41. The first kappa shape index (κ1) is 27.6. The van der Waals surface area contributed by atoms with Crippen molar-refractivity contribution >= 4 is 40.7 Å². The van der Waals surface area contributed by atoms with Crippen LogP contribution in [0, 0.1) is 11.3 Å². The second-order valence-corrected chi connectivity index (χ2v) is 10.3. The number of carbonyl (C=O) groups excluding carboxylic acids is 2. The van der Waals surface area contributed by atoms with Crippen molar-refractivity contribution in [2.75, 3.05) is 31.5 Å². The third-order valence-electron chi connectivity index (χ3n) is 6.57. The summed E-state index contributed by atoms with van der Waals surface area (Å²) in [6.07, 6.45) is 0.171. The third-order valence-corrected chi connectivity index (χ3v) is 7.01. The van der Waals surface area contributed by atoms with Crippen LogP contribution in [0.1, 0.15) is 30.5 Å². The Morgan fingerprint density at radius 2 is 1.82 bits per heavy atom. The van der Waals surface area contributed by atoms with E-state index in [2.05, 4.69) is 11.4 Å². The molecule has 1 fully saturated rings. The molecule has 0 spiro atoms. The fourth-order valence-corrected chi connectivity index (χ4v) is 5.09. The van der Waals surface area contributed by atoms with E-state index >= 15 is 0 Å². The molecule has 2 amide bonds. The zero-order chi connectivity index (χ0) is 27.2. The van der Waals surface area contributed by atoms with Crippen LogP contribution in [0.4, 0.5) is 5.69 Å². The number of aliphatic hydroxyl groups excluding tert-OH is 1. The minimum Gasteiger partial charge on any atom is -0.392 e. The summed E-state index contributed by atoms with van der Waals surface area (Å²) in [4.78, 5) is 29.9. The van der Waals surface area contributed by atoms with Crippen LogP contribution in [0.15, 0.2) is 66.7 Å². The summed E-state index contributed by atoms with van der Waals surface area (Å²) in [7, 11) is 0. The topological polar surface area (TPSA) is 96.7 Å². The minimum absolute atomic E-state index is 0.108. The van der Waals surface area contributed by atoms with Crippen molar-refractivity contribution in [1.29, 1.82) is 5.26 Å². The quantitative estimate of drug-likeness (QED) is 0.405. The first-order valence-electron chi connectivity index (χ1n) is 12.3. The number of hydrogen-bond donors (Lipinski definition) is 2. The largest absolute Gasteiger partial charge is 0.392 e. The van der Waals surface area contributed by atoms with E-state index in [0.29, 0.717) is 40.8 Å². The average Bonchev–Trinajstić information content (AvgIpc) is 3.30. The van der Waals surface area contributed by atoms with Crippen LogP contribution in [0.2, 0.25) is 10.0 Å². The van der Waals surface area contributed by atoms with Crippen LogP contribution in [0.25, 0.3) is 11.1 Å². The van der Waals surface area contributed by atoms with Crippen LogP contribution in [0.5, 0.6) is 0 Å². The highest BCUT2D eigenvalue weighted by atomic mass is 35.5. The predicted octanol–water partition coefficient (Wildman–Crippen LogP) is 5.13. The highest BCUT2D eigenvalue weighted by Gasteiger charge is 2.28. The number of amides is 2.